The molecule has 0 bridgehead atoms. The number of hydrogen-bond donors (Lipinski definition) is 0. The smallest absolute Gasteiger partial charge is 0.311 e. The number of benzene rings is 3. The number of halogens is 2. The maximum atomic E-state index is 13.9. The Kier molecular flexibility index (Phi) is 7.02. The molecule has 8 nitrogen and oxygen atoms in total. The molecule has 0 aliphatic heterocycles. The van der Waals surface area contributed by atoms with Crippen molar-refractivity contribution >= 4 is 38.7 Å². The molecular formula is C25H20BrFN4O4. The van der Waals surface area contributed by atoms with E-state index in [1.54, 1.807) is 42.5 Å². The van der Waals surface area contributed by atoms with E-state index in [-0.39, 0.29) is 35.1 Å². The lowest BCUT2D eigenvalue weighted by Gasteiger charge is -2.12. The highest BCUT2D eigenvalue weighted by atomic mass is 79.9. The van der Waals surface area contributed by atoms with Gasteiger partial charge in [-0.3, -0.25) is 14.9 Å². The molecule has 1 aromatic heterocycles. The third-order valence-corrected chi connectivity index (χ3v) is 5.69. The molecule has 0 unspecified atom stereocenters. The fourth-order valence-electron chi connectivity index (χ4n) is 3.43. The van der Waals surface area contributed by atoms with Gasteiger partial charge in [0.05, 0.1) is 22.0 Å². The second-order valence-corrected chi connectivity index (χ2v) is 8.93. The predicted molar refractivity (Wildman–Crippen MR) is 135 cm³/mol. The Labute approximate surface area is 208 Å². The molecule has 1 heterocycles. The molecule has 0 fully saturated rings. The first-order chi connectivity index (χ1) is 16.7. The Bertz CT molecular complexity index is 1520. The molecular weight excluding hydrogens is 519 g/mol. The third kappa shape index (κ3) is 5.27. The first-order valence-electron chi connectivity index (χ1n) is 10.7. The molecule has 35 heavy (non-hydrogen) atoms. The average molecular weight is 539 g/mol. The van der Waals surface area contributed by atoms with Crippen LogP contribution in [0.5, 0.6) is 5.75 Å². The standard InChI is InChI=1S/C25H20BrFN4O4/c1-15(2)24-29-21-9-8-18(26)12-19(21)25(32)30(24)28-13-16-7-10-23(22(11-16)31(33)34)35-14-17-5-3-4-6-20(17)27/h3-13,15H,14H2,1-2H3. The van der Waals surface area contributed by atoms with E-state index in [1.807, 2.05) is 13.8 Å². The van der Waals surface area contributed by atoms with Crippen LogP contribution in [0.1, 0.15) is 36.7 Å². The Morgan fingerprint density at radius 2 is 1.97 bits per heavy atom. The molecule has 10 heteroatoms. The van der Waals surface area contributed by atoms with E-state index in [0.717, 1.165) is 4.47 Å². The van der Waals surface area contributed by atoms with Gasteiger partial charge in [0.1, 0.15) is 18.2 Å². The van der Waals surface area contributed by atoms with Crippen molar-refractivity contribution in [3.8, 4) is 5.75 Å². The molecule has 0 aliphatic carbocycles. The fourth-order valence-corrected chi connectivity index (χ4v) is 3.79. The van der Waals surface area contributed by atoms with Gasteiger partial charge in [0.2, 0.25) is 0 Å². The van der Waals surface area contributed by atoms with E-state index in [2.05, 4.69) is 26.0 Å². The summed E-state index contributed by atoms with van der Waals surface area (Å²) >= 11 is 3.36. The van der Waals surface area contributed by atoms with Crippen LogP contribution in [0, 0.1) is 15.9 Å². The summed E-state index contributed by atoms with van der Waals surface area (Å²) in [6, 6.07) is 15.5. The van der Waals surface area contributed by atoms with Crippen molar-refractivity contribution < 1.29 is 14.1 Å². The Morgan fingerprint density at radius 1 is 1.20 bits per heavy atom. The van der Waals surface area contributed by atoms with Crippen LogP contribution in [0.25, 0.3) is 10.9 Å². The highest BCUT2D eigenvalue weighted by Crippen LogP contribution is 2.28. The summed E-state index contributed by atoms with van der Waals surface area (Å²) in [5.74, 6) is -0.106. The Balaban J connectivity index is 1.68. The van der Waals surface area contributed by atoms with Gasteiger partial charge in [-0.2, -0.15) is 9.78 Å². The molecule has 0 spiro atoms. The number of ether oxygens (including phenoxy) is 1. The topological polar surface area (TPSA) is 99.6 Å². The van der Waals surface area contributed by atoms with E-state index in [0.29, 0.717) is 22.3 Å². The number of nitro benzene ring substituents is 1. The summed E-state index contributed by atoms with van der Waals surface area (Å²) in [6.45, 7) is 3.63. The molecule has 0 saturated carbocycles. The summed E-state index contributed by atoms with van der Waals surface area (Å²) in [5, 5.41) is 16.3. The van der Waals surface area contributed by atoms with E-state index < -0.39 is 10.7 Å². The molecule has 0 aliphatic rings. The van der Waals surface area contributed by atoms with Gasteiger partial charge in [-0.25, -0.2) is 9.37 Å². The van der Waals surface area contributed by atoms with E-state index in [4.69, 9.17) is 4.74 Å². The molecule has 4 aromatic rings. The summed E-state index contributed by atoms with van der Waals surface area (Å²) in [4.78, 5) is 28.8. The van der Waals surface area contributed by atoms with E-state index in [1.165, 1.54) is 29.1 Å². The summed E-state index contributed by atoms with van der Waals surface area (Å²) in [6.07, 6.45) is 1.35. The van der Waals surface area contributed by atoms with Crippen LogP contribution in [-0.4, -0.2) is 20.8 Å². The molecule has 3 aromatic carbocycles. The molecule has 0 N–H and O–H groups in total. The second kappa shape index (κ2) is 10.1. The first kappa shape index (κ1) is 24.2. The second-order valence-electron chi connectivity index (χ2n) is 8.01. The summed E-state index contributed by atoms with van der Waals surface area (Å²) in [7, 11) is 0. The Morgan fingerprint density at radius 3 is 2.69 bits per heavy atom. The normalized spacial score (nSPS) is 11.5. The van der Waals surface area contributed by atoms with Crippen LogP contribution in [0.4, 0.5) is 10.1 Å². The molecule has 4 rings (SSSR count). The minimum absolute atomic E-state index is 0.00679. The summed E-state index contributed by atoms with van der Waals surface area (Å²) in [5.41, 5.74) is 0.563. The van der Waals surface area contributed by atoms with Crippen molar-refractivity contribution in [2.45, 2.75) is 26.4 Å². The van der Waals surface area contributed by atoms with Gasteiger partial charge in [-0.15, -0.1) is 0 Å². The minimum Gasteiger partial charge on any atom is -0.482 e. The SMILES string of the molecule is CC(C)c1nc2ccc(Br)cc2c(=O)n1N=Cc1ccc(OCc2ccccc2F)c([N+](=O)[O-])c1. The van der Waals surface area contributed by atoms with E-state index in [9.17, 15) is 19.3 Å². The quantitative estimate of drug-likeness (QED) is 0.168. The monoisotopic (exact) mass is 538 g/mol. The van der Waals surface area contributed by atoms with E-state index >= 15 is 0 Å². The zero-order chi connectivity index (χ0) is 25.1. The van der Waals surface area contributed by atoms with Gasteiger partial charge in [0, 0.05) is 27.6 Å². The molecule has 0 atom stereocenters. The van der Waals surface area contributed by atoms with Crippen LogP contribution in [-0.2, 0) is 6.61 Å². The lowest BCUT2D eigenvalue weighted by Crippen LogP contribution is -2.23. The van der Waals surface area contributed by atoms with Crippen LogP contribution in [0.2, 0.25) is 0 Å². The lowest BCUT2D eigenvalue weighted by molar-refractivity contribution is -0.386. The largest absolute Gasteiger partial charge is 0.482 e. The number of rotatable bonds is 7. The van der Waals surface area contributed by atoms with Gasteiger partial charge in [0.15, 0.2) is 5.75 Å². The molecule has 178 valence electrons. The average Bonchev–Trinajstić information content (AvgIpc) is 2.83. The number of aromatic nitrogens is 2. The fraction of sp³-hybridized carbons (Fsp3) is 0.160. The zero-order valence-electron chi connectivity index (χ0n) is 18.8. The van der Waals surface area contributed by atoms with Gasteiger partial charge in [-0.05, 0) is 36.4 Å². The van der Waals surface area contributed by atoms with Crippen molar-refractivity contribution in [3.63, 3.8) is 0 Å². The molecule has 0 saturated heterocycles. The Hall–Kier alpha value is -3.92. The van der Waals surface area contributed by atoms with Gasteiger partial charge >= 0.3 is 5.69 Å². The highest BCUT2D eigenvalue weighted by Gasteiger charge is 2.17. The van der Waals surface area contributed by atoms with Crippen molar-refractivity contribution in [3.05, 3.63) is 108 Å². The number of fused-ring (bicyclic) bond motifs is 1. The number of hydrogen-bond acceptors (Lipinski definition) is 6. The highest BCUT2D eigenvalue weighted by molar-refractivity contribution is 9.10. The number of nitro groups is 1. The van der Waals surface area contributed by atoms with Crippen molar-refractivity contribution in [1.82, 2.24) is 9.66 Å². The van der Waals surface area contributed by atoms with Crippen LogP contribution in [0.3, 0.4) is 0 Å². The maximum Gasteiger partial charge on any atom is 0.311 e. The van der Waals surface area contributed by atoms with Crippen molar-refractivity contribution in [2.24, 2.45) is 5.10 Å². The van der Waals surface area contributed by atoms with Crippen molar-refractivity contribution in [2.75, 3.05) is 0 Å². The summed E-state index contributed by atoms with van der Waals surface area (Å²) < 4.78 is 21.3. The van der Waals surface area contributed by atoms with Crippen LogP contribution >= 0.6 is 15.9 Å². The minimum atomic E-state index is -0.588. The van der Waals surface area contributed by atoms with Gasteiger partial charge < -0.3 is 4.74 Å². The predicted octanol–water partition coefficient (Wildman–Crippen LogP) is 5.79. The van der Waals surface area contributed by atoms with Gasteiger partial charge in [0.25, 0.3) is 5.56 Å². The van der Waals surface area contributed by atoms with Crippen LogP contribution in [0.15, 0.2) is 75.0 Å². The molecule has 0 radical (unpaired) electrons. The van der Waals surface area contributed by atoms with Crippen LogP contribution < -0.4 is 10.3 Å². The first-order valence-corrected chi connectivity index (χ1v) is 11.4. The zero-order valence-corrected chi connectivity index (χ0v) is 20.4. The lowest BCUT2D eigenvalue weighted by atomic mass is 10.2. The van der Waals surface area contributed by atoms with Crippen molar-refractivity contribution in [1.29, 1.82) is 0 Å². The maximum absolute atomic E-state index is 13.9. The third-order valence-electron chi connectivity index (χ3n) is 5.19. The molecule has 0 amide bonds. The van der Waals surface area contributed by atoms with Gasteiger partial charge in [-0.1, -0.05) is 48.0 Å². The number of nitrogens with zero attached hydrogens (tertiary/aromatic N) is 4.